The van der Waals surface area contributed by atoms with E-state index in [0.717, 1.165) is 46.9 Å². The fraction of sp³-hybridized carbons (Fsp3) is 0.273. The van der Waals surface area contributed by atoms with Crippen molar-refractivity contribution in [3.8, 4) is 5.75 Å². The molecule has 0 radical (unpaired) electrons. The van der Waals surface area contributed by atoms with Crippen LogP contribution in [-0.4, -0.2) is 4.92 Å². The van der Waals surface area contributed by atoms with E-state index >= 15 is 0 Å². The van der Waals surface area contributed by atoms with Gasteiger partial charge in [-0.2, -0.15) is 0 Å². The fourth-order valence-corrected chi connectivity index (χ4v) is 3.88. The third kappa shape index (κ3) is 4.80. The largest absolute Gasteiger partial charge is 0.413 e. The van der Waals surface area contributed by atoms with Crippen molar-refractivity contribution in [2.24, 2.45) is 0 Å². The average molecular weight is 381 g/mol. The highest BCUT2D eigenvalue weighted by Gasteiger charge is 2.20. The first kappa shape index (κ1) is 19.2. The van der Waals surface area contributed by atoms with Crippen LogP contribution in [0.15, 0.2) is 65.6 Å². The zero-order chi connectivity index (χ0) is 19.1. The maximum Gasteiger partial charge on any atom is 0.312 e. The third-order valence-electron chi connectivity index (χ3n) is 4.54. The van der Waals surface area contributed by atoms with E-state index in [4.69, 9.17) is 4.18 Å². The summed E-state index contributed by atoms with van der Waals surface area (Å²) in [4.78, 5) is 12.1. The molecule has 140 valence electrons. The second-order valence-electron chi connectivity index (χ2n) is 6.48. The Kier molecular flexibility index (Phi) is 6.71. The van der Waals surface area contributed by atoms with E-state index in [2.05, 4.69) is 6.92 Å². The Labute approximate surface area is 163 Å². The SMILES string of the molecule is CCCCCCc1cccc([N+](=O)[O-])c1OSc1cccc2ccccc12. The van der Waals surface area contributed by atoms with Crippen molar-refractivity contribution in [2.45, 2.75) is 43.9 Å². The zero-order valence-electron chi connectivity index (χ0n) is 15.4. The first-order chi connectivity index (χ1) is 13.2. The molecule has 0 saturated heterocycles. The summed E-state index contributed by atoms with van der Waals surface area (Å²) in [6.45, 7) is 2.17. The van der Waals surface area contributed by atoms with Crippen molar-refractivity contribution in [2.75, 3.05) is 0 Å². The summed E-state index contributed by atoms with van der Waals surface area (Å²) in [5, 5.41) is 13.7. The van der Waals surface area contributed by atoms with Gasteiger partial charge in [0.05, 0.1) is 21.9 Å². The second kappa shape index (κ2) is 9.42. The molecule has 5 heteroatoms. The van der Waals surface area contributed by atoms with Gasteiger partial charge in [-0.15, -0.1) is 0 Å². The number of benzene rings is 3. The summed E-state index contributed by atoms with van der Waals surface area (Å²) < 4.78 is 5.96. The second-order valence-corrected chi connectivity index (χ2v) is 7.25. The number of rotatable bonds is 9. The van der Waals surface area contributed by atoms with Gasteiger partial charge in [0, 0.05) is 11.6 Å². The van der Waals surface area contributed by atoms with Gasteiger partial charge in [-0.1, -0.05) is 74.7 Å². The molecule has 0 aromatic heterocycles. The van der Waals surface area contributed by atoms with Crippen LogP contribution in [0.1, 0.15) is 38.2 Å². The summed E-state index contributed by atoms with van der Waals surface area (Å²) in [6, 6.07) is 19.2. The van der Waals surface area contributed by atoms with Crippen molar-refractivity contribution in [3.63, 3.8) is 0 Å². The number of fused-ring (bicyclic) bond motifs is 1. The number of aryl methyl sites for hydroxylation is 1. The van der Waals surface area contributed by atoms with Crippen LogP contribution in [-0.2, 0) is 6.42 Å². The van der Waals surface area contributed by atoms with Crippen molar-refractivity contribution < 1.29 is 9.11 Å². The Hall–Kier alpha value is -2.53. The minimum atomic E-state index is -0.367. The van der Waals surface area contributed by atoms with Crippen LogP contribution in [0.3, 0.4) is 0 Å². The van der Waals surface area contributed by atoms with Crippen LogP contribution < -0.4 is 4.18 Å². The standard InChI is InChI=1S/C22H23NO3S/c1-2-3-4-5-11-18-13-8-15-20(23(24)25)22(18)26-27-21-16-9-12-17-10-6-7-14-19(17)21/h6-10,12-16H,2-5,11H2,1H3. The number of nitrogens with zero attached hydrogens (tertiary/aromatic N) is 1. The van der Waals surface area contributed by atoms with E-state index in [1.165, 1.54) is 24.5 Å². The molecule has 3 aromatic carbocycles. The lowest BCUT2D eigenvalue weighted by Gasteiger charge is -2.11. The molecular formula is C22H23NO3S. The van der Waals surface area contributed by atoms with Gasteiger partial charge in [-0.3, -0.25) is 10.1 Å². The molecule has 27 heavy (non-hydrogen) atoms. The zero-order valence-corrected chi connectivity index (χ0v) is 16.2. The summed E-state index contributed by atoms with van der Waals surface area (Å²) >= 11 is 1.19. The van der Waals surface area contributed by atoms with Gasteiger partial charge < -0.3 is 4.18 Å². The Bertz CT molecular complexity index is 921. The van der Waals surface area contributed by atoms with Crippen LogP contribution in [0, 0.1) is 10.1 Å². The molecule has 0 spiro atoms. The van der Waals surface area contributed by atoms with E-state index in [-0.39, 0.29) is 10.6 Å². The Morgan fingerprint density at radius 3 is 2.56 bits per heavy atom. The van der Waals surface area contributed by atoms with Gasteiger partial charge in [0.2, 0.25) is 5.75 Å². The monoisotopic (exact) mass is 381 g/mol. The van der Waals surface area contributed by atoms with Gasteiger partial charge in [0.15, 0.2) is 0 Å². The van der Waals surface area contributed by atoms with E-state index in [0.29, 0.717) is 5.75 Å². The lowest BCUT2D eigenvalue weighted by Crippen LogP contribution is -1.98. The number of unbranched alkanes of at least 4 members (excludes halogenated alkanes) is 3. The number of nitro groups is 1. The lowest BCUT2D eigenvalue weighted by molar-refractivity contribution is -0.385. The number of hydrogen-bond acceptors (Lipinski definition) is 4. The van der Waals surface area contributed by atoms with Crippen LogP contribution in [0.5, 0.6) is 5.75 Å². The van der Waals surface area contributed by atoms with Crippen LogP contribution in [0.2, 0.25) is 0 Å². The quantitative estimate of drug-likeness (QED) is 0.174. The normalized spacial score (nSPS) is 10.9. The minimum Gasteiger partial charge on any atom is -0.413 e. The average Bonchev–Trinajstić information content (AvgIpc) is 2.69. The molecule has 0 aliphatic heterocycles. The van der Waals surface area contributed by atoms with Crippen LogP contribution in [0.4, 0.5) is 5.69 Å². The third-order valence-corrected chi connectivity index (χ3v) is 5.32. The molecule has 0 aliphatic rings. The molecular weight excluding hydrogens is 358 g/mol. The molecule has 0 bridgehead atoms. The summed E-state index contributed by atoms with van der Waals surface area (Å²) in [5.41, 5.74) is 0.920. The highest BCUT2D eigenvalue weighted by molar-refractivity contribution is 7.95. The summed E-state index contributed by atoms with van der Waals surface area (Å²) in [6.07, 6.45) is 5.25. The first-order valence-corrected chi connectivity index (χ1v) is 10.0. The predicted molar refractivity (Wildman–Crippen MR) is 111 cm³/mol. The van der Waals surface area contributed by atoms with Crippen molar-refractivity contribution in [3.05, 3.63) is 76.3 Å². The Balaban J connectivity index is 1.84. The first-order valence-electron chi connectivity index (χ1n) is 9.29. The molecule has 3 rings (SSSR count). The molecule has 4 nitrogen and oxygen atoms in total. The van der Waals surface area contributed by atoms with Crippen molar-refractivity contribution >= 4 is 28.5 Å². The van der Waals surface area contributed by atoms with Crippen LogP contribution >= 0.6 is 12.0 Å². The fourth-order valence-electron chi connectivity index (χ4n) is 3.11. The van der Waals surface area contributed by atoms with Gasteiger partial charge in [-0.25, -0.2) is 0 Å². The van der Waals surface area contributed by atoms with Gasteiger partial charge >= 0.3 is 5.69 Å². The molecule has 0 N–H and O–H groups in total. The minimum absolute atomic E-state index is 0.0238. The number of hydrogen-bond donors (Lipinski definition) is 0. The highest BCUT2D eigenvalue weighted by Crippen LogP contribution is 2.37. The number of nitro benzene ring substituents is 1. The van der Waals surface area contributed by atoms with E-state index < -0.39 is 0 Å². The van der Waals surface area contributed by atoms with Gasteiger partial charge in [0.1, 0.15) is 0 Å². The molecule has 0 saturated carbocycles. The van der Waals surface area contributed by atoms with E-state index in [1.807, 2.05) is 48.5 Å². The topological polar surface area (TPSA) is 52.4 Å². The van der Waals surface area contributed by atoms with Crippen molar-refractivity contribution in [1.82, 2.24) is 0 Å². The van der Waals surface area contributed by atoms with Crippen molar-refractivity contribution in [1.29, 1.82) is 0 Å². The smallest absolute Gasteiger partial charge is 0.312 e. The molecule has 0 fully saturated rings. The molecule has 0 aliphatic carbocycles. The van der Waals surface area contributed by atoms with E-state index in [9.17, 15) is 10.1 Å². The Morgan fingerprint density at radius 1 is 0.963 bits per heavy atom. The van der Waals surface area contributed by atoms with Gasteiger partial charge in [-0.05, 0) is 29.7 Å². The summed E-state index contributed by atoms with van der Waals surface area (Å²) in [5.74, 6) is 0.372. The predicted octanol–water partition coefficient (Wildman–Crippen LogP) is 6.96. The Morgan fingerprint density at radius 2 is 1.74 bits per heavy atom. The maximum atomic E-state index is 11.5. The molecule has 0 heterocycles. The number of para-hydroxylation sites is 1. The highest BCUT2D eigenvalue weighted by atomic mass is 32.2. The van der Waals surface area contributed by atoms with Gasteiger partial charge in [0.25, 0.3) is 0 Å². The van der Waals surface area contributed by atoms with Crippen LogP contribution in [0.25, 0.3) is 10.8 Å². The summed E-state index contributed by atoms with van der Waals surface area (Å²) in [7, 11) is 0. The molecule has 0 unspecified atom stereocenters. The molecule has 3 aromatic rings. The molecule has 0 atom stereocenters. The lowest BCUT2D eigenvalue weighted by atomic mass is 10.0. The maximum absolute atomic E-state index is 11.5. The molecule has 0 amide bonds. The van der Waals surface area contributed by atoms with E-state index in [1.54, 1.807) is 6.07 Å².